The molecule has 20 heavy (non-hydrogen) atoms. The molecule has 3 rings (SSSR count). The first-order valence-corrected chi connectivity index (χ1v) is 7.77. The lowest BCUT2D eigenvalue weighted by molar-refractivity contribution is -0.154. The molecule has 3 nitrogen and oxygen atoms in total. The Morgan fingerprint density at radius 3 is 2.25 bits per heavy atom. The summed E-state index contributed by atoms with van der Waals surface area (Å²) in [5.74, 6) is -0.366. The summed E-state index contributed by atoms with van der Waals surface area (Å²) >= 11 is 0. The van der Waals surface area contributed by atoms with Crippen molar-refractivity contribution in [1.29, 1.82) is 0 Å². The van der Waals surface area contributed by atoms with Crippen LogP contribution in [0, 0.1) is 29.6 Å². The summed E-state index contributed by atoms with van der Waals surface area (Å²) in [5, 5.41) is 0. The van der Waals surface area contributed by atoms with Gasteiger partial charge in [0, 0.05) is 0 Å². The number of carbonyl (C=O) groups is 2. The minimum absolute atomic E-state index is 0.0833. The molecule has 1 saturated heterocycles. The van der Waals surface area contributed by atoms with Gasteiger partial charge in [0.2, 0.25) is 0 Å². The molecule has 0 spiro atoms. The second-order valence-corrected chi connectivity index (χ2v) is 6.37. The lowest BCUT2D eigenvalue weighted by atomic mass is 9.86. The zero-order valence-electron chi connectivity index (χ0n) is 11.8. The number of rotatable bonds is 3. The topological polar surface area (TPSA) is 43.4 Å². The van der Waals surface area contributed by atoms with Gasteiger partial charge in [-0.25, -0.2) is 0 Å². The Balaban J connectivity index is 1.73. The van der Waals surface area contributed by atoms with Crippen LogP contribution in [-0.4, -0.2) is 11.9 Å². The Bertz CT molecular complexity index is 445. The quantitative estimate of drug-likeness (QED) is 0.451. The second-order valence-electron chi connectivity index (χ2n) is 6.37. The molecule has 3 heteroatoms. The van der Waals surface area contributed by atoms with E-state index in [0.29, 0.717) is 5.92 Å². The molecule has 3 aliphatic rings. The molecular formula is C17H22O3. The number of hydrogen-bond acceptors (Lipinski definition) is 3. The van der Waals surface area contributed by atoms with Gasteiger partial charge in [-0.2, -0.15) is 0 Å². The van der Waals surface area contributed by atoms with E-state index in [2.05, 4.69) is 18.7 Å². The molecule has 2 saturated carbocycles. The van der Waals surface area contributed by atoms with Crippen molar-refractivity contribution in [3.63, 3.8) is 0 Å². The molecule has 2 aliphatic carbocycles. The zero-order valence-corrected chi connectivity index (χ0v) is 11.8. The normalized spacial score (nSPS) is 38.2. The third-order valence-corrected chi connectivity index (χ3v) is 5.18. The molecule has 0 radical (unpaired) electrons. The highest BCUT2D eigenvalue weighted by molar-refractivity contribution is 5.97. The molecule has 0 N–H and O–H groups in total. The molecule has 0 aromatic carbocycles. The van der Waals surface area contributed by atoms with Crippen molar-refractivity contribution >= 4 is 11.9 Å². The van der Waals surface area contributed by atoms with Gasteiger partial charge in [0.15, 0.2) is 0 Å². The van der Waals surface area contributed by atoms with Crippen LogP contribution >= 0.6 is 0 Å². The maximum atomic E-state index is 11.9. The van der Waals surface area contributed by atoms with Gasteiger partial charge in [0.25, 0.3) is 0 Å². The maximum Gasteiger partial charge on any atom is 0.318 e. The van der Waals surface area contributed by atoms with Crippen molar-refractivity contribution in [2.24, 2.45) is 29.6 Å². The highest BCUT2D eigenvalue weighted by atomic mass is 16.6. The molecule has 108 valence electrons. The monoisotopic (exact) mass is 274 g/mol. The van der Waals surface area contributed by atoms with E-state index in [1.165, 1.54) is 32.1 Å². The molecule has 0 bridgehead atoms. The number of carbonyl (C=O) groups excluding carboxylic acids is 2. The van der Waals surface area contributed by atoms with Crippen molar-refractivity contribution in [1.82, 2.24) is 0 Å². The van der Waals surface area contributed by atoms with Crippen LogP contribution in [-0.2, 0) is 14.3 Å². The van der Waals surface area contributed by atoms with Gasteiger partial charge in [0.05, 0.1) is 11.8 Å². The van der Waals surface area contributed by atoms with Crippen LogP contribution in [0.25, 0.3) is 0 Å². The molecule has 4 atom stereocenters. The third kappa shape index (κ3) is 2.34. The zero-order chi connectivity index (χ0) is 14.1. The third-order valence-electron chi connectivity index (χ3n) is 5.18. The van der Waals surface area contributed by atoms with E-state index in [0.717, 1.165) is 6.42 Å². The molecule has 0 aromatic rings. The Morgan fingerprint density at radius 1 is 0.950 bits per heavy atom. The van der Waals surface area contributed by atoms with Crippen LogP contribution in [0.3, 0.4) is 0 Å². The fourth-order valence-corrected chi connectivity index (χ4v) is 4.09. The van der Waals surface area contributed by atoms with Gasteiger partial charge in [-0.05, 0) is 37.0 Å². The van der Waals surface area contributed by atoms with Crippen LogP contribution in [0.5, 0.6) is 0 Å². The number of fused-ring (bicyclic) bond motifs is 1. The molecule has 3 fully saturated rings. The number of cyclic esters (lactones) is 2. The number of esters is 2. The lowest BCUT2D eigenvalue weighted by Gasteiger charge is -2.19. The summed E-state index contributed by atoms with van der Waals surface area (Å²) < 4.78 is 4.82. The highest BCUT2D eigenvalue weighted by Gasteiger charge is 2.55. The molecule has 4 unspecified atom stereocenters. The van der Waals surface area contributed by atoms with E-state index in [1.807, 2.05) is 6.08 Å². The number of ether oxygens (including phenoxy) is 1. The number of allylic oxidation sites excluding steroid dienone is 3. The average Bonchev–Trinajstić information content (AvgIpc) is 2.97. The van der Waals surface area contributed by atoms with Gasteiger partial charge in [-0.3, -0.25) is 9.59 Å². The largest absolute Gasteiger partial charge is 0.393 e. The van der Waals surface area contributed by atoms with Crippen LogP contribution < -0.4 is 0 Å². The fourth-order valence-electron chi connectivity index (χ4n) is 4.09. The first kappa shape index (κ1) is 13.6. The van der Waals surface area contributed by atoms with E-state index < -0.39 is 0 Å². The SMILES string of the molecule is C=CC1CC(C=CC2CCCCC2)C2C(=O)OC(=O)C12. The Kier molecular flexibility index (Phi) is 3.77. The molecule has 0 aromatic heterocycles. The van der Waals surface area contributed by atoms with Crippen LogP contribution in [0.2, 0.25) is 0 Å². The van der Waals surface area contributed by atoms with Crippen molar-refractivity contribution in [2.45, 2.75) is 38.5 Å². The van der Waals surface area contributed by atoms with Crippen molar-refractivity contribution < 1.29 is 14.3 Å². The van der Waals surface area contributed by atoms with E-state index >= 15 is 0 Å². The van der Waals surface area contributed by atoms with Gasteiger partial charge < -0.3 is 4.74 Å². The number of hydrogen-bond donors (Lipinski definition) is 0. The van der Waals surface area contributed by atoms with E-state index in [9.17, 15) is 9.59 Å². The first-order chi connectivity index (χ1) is 9.70. The highest BCUT2D eigenvalue weighted by Crippen LogP contribution is 2.47. The summed E-state index contributed by atoms with van der Waals surface area (Å²) in [4.78, 5) is 23.6. The summed E-state index contributed by atoms with van der Waals surface area (Å²) in [7, 11) is 0. The molecule has 1 aliphatic heterocycles. The van der Waals surface area contributed by atoms with Gasteiger partial charge in [0.1, 0.15) is 0 Å². The molecular weight excluding hydrogens is 252 g/mol. The smallest absolute Gasteiger partial charge is 0.318 e. The summed E-state index contributed by atoms with van der Waals surface area (Å²) in [5.41, 5.74) is 0. The fraction of sp³-hybridized carbons (Fsp3) is 0.647. The minimum Gasteiger partial charge on any atom is -0.393 e. The minimum atomic E-state index is -0.349. The summed E-state index contributed by atoms with van der Waals surface area (Å²) in [6.45, 7) is 3.80. The maximum absolute atomic E-state index is 11.9. The van der Waals surface area contributed by atoms with Crippen LogP contribution in [0.1, 0.15) is 38.5 Å². The Morgan fingerprint density at radius 2 is 1.60 bits per heavy atom. The van der Waals surface area contributed by atoms with Crippen molar-refractivity contribution in [3.05, 3.63) is 24.8 Å². The average molecular weight is 274 g/mol. The summed E-state index contributed by atoms with van der Waals surface area (Å²) in [6, 6.07) is 0. The van der Waals surface area contributed by atoms with Crippen molar-refractivity contribution in [3.8, 4) is 0 Å². The van der Waals surface area contributed by atoms with Gasteiger partial charge in [-0.15, -0.1) is 6.58 Å². The molecule has 0 amide bonds. The Labute approximate surface area is 120 Å². The Hall–Kier alpha value is -1.38. The van der Waals surface area contributed by atoms with Crippen molar-refractivity contribution in [2.75, 3.05) is 0 Å². The predicted molar refractivity (Wildman–Crippen MR) is 75.6 cm³/mol. The van der Waals surface area contributed by atoms with Crippen LogP contribution in [0.4, 0.5) is 0 Å². The molecule has 1 heterocycles. The summed E-state index contributed by atoms with van der Waals surface area (Å²) in [6.07, 6.45) is 13.6. The first-order valence-electron chi connectivity index (χ1n) is 7.77. The van der Waals surface area contributed by atoms with E-state index in [4.69, 9.17) is 4.74 Å². The standard InChI is InChI=1S/C17H22O3/c1-2-12-10-13(9-8-11-6-4-3-5-7-11)15-14(12)16(18)20-17(15)19/h2,8-9,11-15H,1,3-7,10H2. The van der Waals surface area contributed by atoms with E-state index in [-0.39, 0.29) is 35.6 Å². The van der Waals surface area contributed by atoms with Crippen LogP contribution in [0.15, 0.2) is 24.8 Å². The van der Waals surface area contributed by atoms with E-state index in [1.54, 1.807) is 0 Å². The second kappa shape index (κ2) is 5.55. The van der Waals surface area contributed by atoms with Gasteiger partial charge in [-0.1, -0.05) is 37.5 Å². The van der Waals surface area contributed by atoms with Gasteiger partial charge >= 0.3 is 11.9 Å². The lowest BCUT2D eigenvalue weighted by Crippen LogP contribution is -2.19. The predicted octanol–water partition coefficient (Wildman–Crippen LogP) is 3.26.